The first-order valence-corrected chi connectivity index (χ1v) is 13.1. The van der Waals surface area contributed by atoms with E-state index in [1.54, 1.807) is 26.0 Å². The molecule has 1 aromatic rings. The van der Waals surface area contributed by atoms with Crippen molar-refractivity contribution in [1.29, 1.82) is 0 Å². The third-order valence-electron chi connectivity index (χ3n) is 6.87. The fourth-order valence-corrected chi connectivity index (χ4v) is 4.64. The molecule has 1 aromatic carbocycles. The van der Waals surface area contributed by atoms with Gasteiger partial charge in [-0.25, -0.2) is 4.79 Å². The summed E-state index contributed by atoms with van der Waals surface area (Å²) in [6.07, 6.45) is 4.78. The van der Waals surface area contributed by atoms with Gasteiger partial charge in [0.25, 0.3) is 5.91 Å². The van der Waals surface area contributed by atoms with Gasteiger partial charge in [0, 0.05) is 37.2 Å². The number of amides is 2. The normalized spacial score (nSPS) is 28.2. The van der Waals surface area contributed by atoms with Gasteiger partial charge in [-0.3, -0.25) is 9.59 Å². The van der Waals surface area contributed by atoms with Gasteiger partial charge in [-0.15, -0.1) is 0 Å². The van der Waals surface area contributed by atoms with E-state index >= 15 is 0 Å². The van der Waals surface area contributed by atoms with Crippen LogP contribution in [0.5, 0.6) is 11.5 Å². The number of fused-ring (bicyclic) bond motifs is 2. The van der Waals surface area contributed by atoms with Crippen LogP contribution in [0.4, 0.5) is 16.2 Å². The fourth-order valence-electron chi connectivity index (χ4n) is 4.64. The molecule has 1 aliphatic rings. The Hall–Kier alpha value is -3.99. The summed E-state index contributed by atoms with van der Waals surface area (Å²) in [7, 11) is 1.44. The second-order valence-corrected chi connectivity index (χ2v) is 10.2. The van der Waals surface area contributed by atoms with Crippen molar-refractivity contribution < 1.29 is 38.8 Å². The van der Waals surface area contributed by atoms with Crippen LogP contribution in [0, 0.1) is 11.8 Å². The maximum Gasteiger partial charge on any atom is 0.405 e. The molecule has 5 atom stereocenters. The SMILES string of the molecule is CO[C@H]1/C=C\C=C(/C)C(=O)Nc2cc(O)c(N)c(c2O)C[C@@H](C)CC[C@H](OC(C)=O)[C@@H](C)/C=C(\C)[C@@H]1OC(N)=O. The molecule has 0 unspecified atom stereocenters. The molecule has 2 rings (SSSR count). The summed E-state index contributed by atoms with van der Waals surface area (Å²) < 4.78 is 16.6. The van der Waals surface area contributed by atoms with Crippen LogP contribution in [0.15, 0.2) is 41.5 Å². The Balaban J connectivity index is 2.61. The maximum atomic E-state index is 12.8. The number of phenols is 2. The number of phenolic OH excluding ortho intramolecular Hbond substituents is 2. The first-order chi connectivity index (χ1) is 18.7. The molecule has 0 radical (unpaired) electrons. The van der Waals surface area contributed by atoms with E-state index in [9.17, 15) is 24.6 Å². The number of nitrogens with one attached hydrogen (secondary N) is 1. The highest BCUT2D eigenvalue weighted by atomic mass is 16.6. The van der Waals surface area contributed by atoms with Gasteiger partial charge in [0.05, 0.1) is 11.4 Å². The van der Waals surface area contributed by atoms with Crippen molar-refractivity contribution in [3.05, 3.63) is 47.1 Å². The summed E-state index contributed by atoms with van der Waals surface area (Å²) in [5.41, 5.74) is 12.7. The predicted molar refractivity (Wildman–Crippen MR) is 152 cm³/mol. The standard InChI is InChI=1S/C29H41N3O8/c1-15-10-11-23(39-19(5)33)17(3)13-18(4)27(40-29(31)37)24(38-6)9-7-8-16(2)28(36)32-21-14-22(34)25(30)20(12-15)26(21)35/h7-9,13-15,17,23-24,27,34-35H,10-12,30H2,1-6H3,(H2,31,37)(H,32,36)/b9-7-,16-8+,18-13+/t15-,17-,23-,24-,27-/m0/s1. The molecular weight excluding hydrogens is 518 g/mol. The number of rotatable bonds is 3. The number of esters is 1. The second kappa shape index (κ2) is 14.4. The third kappa shape index (κ3) is 8.77. The van der Waals surface area contributed by atoms with Crippen LogP contribution in [0.1, 0.15) is 53.0 Å². The van der Waals surface area contributed by atoms with Gasteiger partial charge in [0.1, 0.15) is 23.7 Å². The largest absolute Gasteiger partial charge is 0.506 e. The number of hydrogen-bond acceptors (Lipinski definition) is 9. The molecule has 0 spiro atoms. The minimum absolute atomic E-state index is 0.0180. The minimum atomic E-state index is -0.986. The smallest absolute Gasteiger partial charge is 0.405 e. The van der Waals surface area contributed by atoms with Crippen LogP contribution in [0.3, 0.4) is 0 Å². The summed E-state index contributed by atoms with van der Waals surface area (Å²) in [6, 6.07) is 1.20. The van der Waals surface area contributed by atoms with Gasteiger partial charge >= 0.3 is 12.1 Å². The Morgan fingerprint density at radius 2 is 1.80 bits per heavy atom. The Kier molecular flexibility index (Phi) is 11.6. The molecule has 0 saturated carbocycles. The molecule has 1 heterocycles. The van der Waals surface area contributed by atoms with Crippen molar-refractivity contribution in [3.63, 3.8) is 0 Å². The average Bonchev–Trinajstić information content (AvgIpc) is 2.87. The number of anilines is 2. The van der Waals surface area contributed by atoms with E-state index < -0.39 is 36.3 Å². The van der Waals surface area contributed by atoms with E-state index in [2.05, 4.69) is 5.32 Å². The van der Waals surface area contributed by atoms with E-state index in [0.717, 1.165) is 0 Å². The van der Waals surface area contributed by atoms with Crippen molar-refractivity contribution >= 4 is 29.3 Å². The number of allylic oxidation sites excluding steroid dienone is 2. The maximum absolute atomic E-state index is 12.8. The summed E-state index contributed by atoms with van der Waals surface area (Å²) in [5, 5.41) is 23.9. The third-order valence-corrected chi connectivity index (χ3v) is 6.87. The zero-order chi connectivity index (χ0) is 30.1. The van der Waals surface area contributed by atoms with E-state index in [0.29, 0.717) is 30.4 Å². The summed E-state index contributed by atoms with van der Waals surface area (Å²) >= 11 is 0. The van der Waals surface area contributed by atoms with Crippen molar-refractivity contribution in [2.75, 3.05) is 18.2 Å². The summed E-state index contributed by atoms with van der Waals surface area (Å²) in [6.45, 7) is 8.50. The number of carbonyl (C=O) groups is 3. The van der Waals surface area contributed by atoms with Crippen LogP contribution in [0.25, 0.3) is 0 Å². The molecule has 7 N–H and O–H groups in total. The molecule has 1 aliphatic heterocycles. The number of carbonyl (C=O) groups excluding carboxylic acids is 3. The zero-order valence-electron chi connectivity index (χ0n) is 23.9. The lowest BCUT2D eigenvalue weighted by Crippen LogP contribution is -2.35. The van der Waals surface area contributed by atoms with Crippen LogP contribution in [-0.4, -0.2) is 53.6 Å². The highest BCUT2D eigenvalue weighted by Crippen LogP contribution is 2.40. The van der Waals surface area contributed by atoms with E-state index in [1.807, 2.05) is 19.9 Å². The lowest BCUT2D eigenvalue weighted by Gasteiger charge is -2.27. The molecule has 2 bridgehead atoms. The number of aromatic hydroxyl groups is 2. The lowest BCUT2D eigenvalue weighted by molar-refractivity contribution is -0.148. The van der Waals surface area contributed by atoms with Gasteiger partial charge in [0.15, 0.2) is 6.10 Å². The van der Waals surface area contributed by atoms with Gasteiger partial charge in [0.2, 0.25) is 0 Å². The molecule has 0 aromatic heterocycles. The molecule has 0 saturated heterocycles. The quantitative estimate of drug-likeness (QED) is 0.120. The van der Waals surface area contributed by atoms with Gasteiger partial charge < -0.3 is 41.2 Å². The Morgan fingerprint density at radius 3 is 2.40 bits per heavy atom. The minimum Gasteiger partial charge on any atom is -0.506 e. The van der Waals surface area contributed by atoms with Crippen molar-refractivity contribution in [2.24, 2.45) is 17.6 Å². The summed E-state index contributed by atoms with van der Waals surface area (Å²) in [5.74, 6) is -1.77. The van der Waals surface area contributed by atoms with Gasteiger partial charge in [-0.1, -0.05) is 38.2 Å². The van der Waals surface area contributed by atoms with Crippen LogP contribution in [-0.2, 0) is 30.2 Å². The molecule has 220 valence electrons. The molecule has 0 fully saturated rings. The molecular formula is C29H41N3O8. The molecule has 2 amide bonds. The number of primary amides is 1. The Morgan fingerprint density at radius 1 is 1.12 bits per heavy atom. The first kappa shape index (κ1) is 32.2. The zero-order valence-corrected chi connectivity index (χ0v) is 23.9. The van der Waals surface area contributed by atoms with E-state index in [1.165, 1.54) is 26.2 Å². The highest BCUT2D eigenvalue weighted by molar-refractivity contribution is 6.04. The van der Waals surface area contributed by atoms with Crippen LogP contribution < -0.4 is 16.8 Å². The number of benzene rings is 1. The number of nitrogens with two attached hydrogens (primary N) is 2. The number of ether oxygens (including phenoxy) is 3. The molecule has 40 heavy (non-hydrogen) atoms. The predicted octanol–water partition coefficient (Wildman–Crippen LogP) is 4.09. The number of methoxy groups -OCH3 is 1. The molecule has 0 aliphatic carbocycles. The van der Waals surface area contributed by atoms with Crippen LogP contribution in [0.2, 0.25) is 0 Å². The monoisotopic (exact) mass is 559 g/mol. The number of nitrogen functional groups attached to an aromatic ring is 1. The van der Waals surface area contributed by atoms with Gasteiger partial charge in [-0.05, 0) is 44.6 Å². The van der Waals surface area contributed by atoms with Gasteiger partial charge in [-0.2, -0.15) is 0 Å². The molecule has 11 nitrogen and oxygen atoms in total. The Bertz CT molecular complexity index is 1190. The highest BCUT2D eigenvalue weighted by Gasteiger charge is 2.28. The van der Waals surface area contributed by atoms with Crippen molar-refractivity contribution in [3.8, 4) is 11.5 Å². The first-order valence-electron chi connectivity index (χ1n) is 13.1. The summed E-state index contributed by atoms with van der Waals surface area (Å²) in [4.78, 5) is 36.5. The number of hydrogen-bond donors (Lipinski definition) is 5. The second-order valence-electron chi connectivity index (χ2n) is 10.2. The van der Waals surface area contributed by atoms with E-state index in [4.69, 9.17) is 25.7 Å². The lowest BCUT2D eigenvalue weighted by atomic mass is 9.89. The average molecular weight is 560 g/mol. The fraction of sp³-hybridized carbons (Fsp3) is 0.483. The molecule has 11 heteroatoms. The topological polar surface area (TPSA) is 183 Å². The van der Waals surface area contributed by atoms with E-state index in [-0.39, 0.29) is 40.3 Å². The van der Waals surface area contributed by atoms with Crippen molar-refractivity contribution in [1.82, 2.24) is 0 Å². The van der Waals surface area contributed by atoms with Crippen molar-refractivity contribution in [2.45, 2.75) is 72.2 Å². The van der Waals surface area contributed by atoms with Crippen LogP contribution >= 0.6 is 0 Å². The Labute approximate surface area is 234 Å².